The van der Waals surface area contributed by atoms with E-state index in [4.69, 9.17) is 5.73 Å². The number of hydrogen-bond donors (Lipinski definition) is 1. The second-order valence-electron chi connectivity index (χ2n) is 3.29. The Morgan fingerprint density at radius 3 is 2.93 bits per heavy atom. The van der Waals surface area contributed by atoms with Crippen molar-refractivity contribution in [1.82, 2.24) is 9.55 Å². The molecule has 76 valence electrons. The van der Waals surface area contributed by atoms with Crippen molar-refractivity contribution in [2.45, 2.75) is 26.3 Å². The van der Waals surface area contributed by atoms with Crippen LogP contribution in [0.2, 0.25) is 0 Å². The summed E-state index contributed by atoms with van der Waals surface area (Å²) in [6, 6.07) is 0.295. The number of carbonyl (C=O) groups excluding carboxylic acids is 1. The van der Waals surface area contributed by atoms with Gasteiger partial charge in [-0.25, -0.2) is 4.98 Å². The third kappa shape index (κ3) is 1.84. The molecule has 0 radical (unpaired) electrons. The van der Waals surface area contributed by atoms with Gasteiger partial charge in [0.2, 0.25) is 5.91 Å². The number of amides is 1. The lowest BCUT2D eigenvalue weighted by Crippen LogP contribution is -2.16. The van der Waals surface area contributed by atoms with Gasteiger partial charge in [-0.15, -0.1) is 0 Å². The minimum Gasteiger partial charge on any atom is -0.366 e. The van der Waals surface area contributed by atoms with Crippen molar-refractivity contribution in [1.29, 1.82) is 0 Å². The Morgan fingerprint density at radius 2 is 2.43 bits per heavy atom. The van der Waals surface area contributed by atoms with Crippen LogP contribution in [-0.4, -0.2) is 15.5 Å². The van der Waals surface area contributed by atoms with E-state index in [9.17, 15) is 4.79 Å². The number of imidazole rings is 1. The second kappa shape index (κ2) is 4.09. The van der Waals surface area contributed by atoms with Crippen LogP contribution in [0, 0.1) is 0 Å². The van der Waals surface area contributed by atoms with Gasteiger partial charge in [-0.3, -0.25) is 4.79 Å². The smallest absolute Gasteiger partial charge is 0.250 e. The van der Waals surface area contributed by atoms with Gasteiger partial charge in [0.15, 0.2) is 0 Å². The Bertz CT molecular complexity index is 354. The minimum atomic E-state index is -0.505. The maximum Gasteiger partial charge on any atom is 0.250 e. The molecule has 2 N–H and O–H groups in total. The van der Waals surface area contributed by atoms with E-state index in [1.165, 1.54) is 0 Å². The molecule has 1 unspecified atom stereocenters. The minimum absolute atomic E-state index is 0.295. The SMILES string of the molecule is C=C(C(N)=O)c1cncn1C(C)CC. The van der Waals surface area contributed by atoms with Crippen molar-refractivity contribution >= 4 is 11.5 Å². The molecular formula is C10H15N3O. The zero-order valence-electron chi connectivity index (χ0n) is 8.53. The zero-order valence-corrected chi connectivity index (χ0v) is 8.53. The largest absolute Gasteiger partial charge is 0.366 e. The lowest BCUT2D eigenvalue weighted by atomic mass is 10.2. The quantitative estimate of drug-likeness (QED) is 0.734. The standard InChI is InChI=1S/C10H15N3O/c1-4-7(2)13-6-12-5-9(13)8(3)10(11)14/h5-7H,3-4H2,1-2H3,(H2,11,14). The molecule has 0 fully saturated rings. The summed E-state index contributed by atoms with van der Waals surface area (Å²) < 4.78 is 1.91. The van der Waals surface area contributed by atoms with Gasteiger partial charge < -0.3 is 10.3 Å². The molecule has 0 aromatic carbocycles. The second-order valence-corrected chi connectivity index (χ2v) is 3.29. The van der Waals surface area contributed by atoms with Crippen LogP contribution in [0.3, 0.4) is 0 Å². The number of nitrogens with zero attached hydrogens (tertiary/aromatic N) is 2. The topological polar surface area (TPSA) is 60.9 Å². The van der Waals surface area contributed by atoms with E-state index < -0.39 is 5.91 Å². The Kier molecular flexibility index (Phi) is 3.06. The summed E-state index contributed by atoms with van der Waals surface area (Å²) in [6.07, 6.45) is 4.27. The molecule has 4 nitrogen and oxygen atoms in total. The predicted molar refractivity (Wildman–Crippen MR) is 55.5 cm³/mol. The van der Waals surface area contributed by atoms with Crippen LogP contribution in [0.1, 0.15) is 32.0 Å². The molecule has 1 rings (SSSR count). The highest BCUT2D eigenvalue weighted by Crippen LogP contribution is 2.18. The zero-order chi connectivity index (χ0) is 10.7. The van der Waals surface area contributed by atoms with Gasteiger partial charge in [0.1, 0.15) is 0 Å². The van der Waals surface area contributed by atoms with Gasteiger partial charge >= 0.3 is 0 Å². The van der Waals surface area contributed by atoms with Gasteiger partial charge in [-0.05, 0) is 13.3 Å². The van der Waals surface area contributed by atoms with Crippen molar-refractivity contribution in [2.75, 3.05) is 0 Å². The van der Waals surface area contributed by atoms with Crippen molar-refractivity contribution in [3.63, 3.8) is 0 Å². The molecule has 14 heavy (non-hydrogen) atoms. The first kappa shape index (κ1) is 10.5. The van der Waals surface area contributed by atoms with Gasteiger partial charge in [0, 0.05) is 6.04 Å². The van der Waals surface area contributed by atoms with E-state index in [0.717, 1.165) is 6.42 Å². The summed E-state index contributed by atoms with van der Waals surface area (Å²) in [7, 11) is 0. The van der Waals surface area contributed by atoms with E-state index in [1.807, 2.05) is 4.57 Å². The number of nitrogens with two attached hydrogens (primary N) is 1. The first-order valence-electron chi connectivity index (χ1n) is 4.58. The predicted octanol–water partition coefficient (Wildman–Crippen LogP) is 1.35. The van der Waals surface area contributed by atoms with Crippen LogP contribution in [0.4, 0.5) is 0 Å². The Balaban J connectivity index is 3.04. The molecule has 1 atom stereocenters. The molecule has 0 aliphatic carbocycles. The fraction of sp³-hybridized carbons (Fsp3) is 0.400. The summed E-state index contributed by atoms with van der Waals surface area (Å²) >= 11 is 0. The van der Waals surface area contributed by atoms with Gasteiger partial charge in [-0.1, -0.05) is 13.5 Å². The number of hydrogen-bond acceptors (Lipinski definition) is 2. The van der Waals surface area contributed by atoms with E-state index in [0.29, 0.717) is 17.3 Å². The molecule has 1 aromatic heterocycles. The van der Waals surface area contributed by atoms with Crippen LogP contribution in [0.15, 0.2) is 19.1 Å². The summed E-state index contributed by atoms with van der Waals surface area (Å²) in [4.78, 5) is 14.9. The van der Waals surface area contributed by atoms with Crippen LogP contribution in [-0.2, 0) is 4.79 Å². The average Bonchev–Trinajstić information content (AvgIpc) is 2.63. The number of rotatable bonds is 4. The Labute approximate surface area is 83.4 Å². The van der Waals surface area contributed by atoms with Gasteiger partial charge in [0.25, 0.3) is 0 Å². The van der Waals surface area contributed by atoms with Crippen LogP contribution in [0.5, 0.6) is 0 Å². The highest BCUT2D eigenvalue weighted by Gasteiger charge is 2.13. The van der Waals surface area contributed by atoms with Crippen molar-refractivity contribution < 1.29 is 4.79 Å². The fourth-order valence-corrected chi connectivity index (χ4v) is 1.21. The Hall–Kier alpha value is -1.58. The molecule has 0 aliphatic heterocycles. The number of primary amides is 1. The maximum atomic E-state index is 10.9. The van der Waals surface area contributed by atoms with Crippen molar-refractivity contribution in [3.8, 4) is 0 Å². The van der Waals surface area contributed by atoms with Gasteiger partial charge in [0.05, 0.1) is 23.8 Å². The lowest BCUT2D eigenvalue weighted by molar-refractivity contribution is -0.112. The molecular weight excluding hydrogens is 178 g/mol. The van der Waals surface area contributed by atoms with Crippen LogP contribution >= 0.6 is 0 Å². The molecule has 4 heteroatoms. The maximum absolute atomic E-state index is 10.9. The molecule has 0 spiro atoms. The van der Waals surface area contributed by atoms with E-state index in [-0.39, 0.29) is 0 Å². The van der Waals surface area contributed by atoms with E-state index in [1.54, 1.807) is 12.5 Å². The summed E-state index contributed by atoms with van der Waals surface area (Å²) in [6.45, 7) is 7.76. The van der Waals surface area contributed by atoms with E-state index in [2.05, 4.69) is 25.4 Å². The molecule has 1 heterocycles. The molecule has 0 saturated carbocycles. The molecule has 0 aliphatic rings. The Morgan fingerprint density at radius 1 is 1.79 bits per heavy atom. The third-order valence-electron chi connectivity index (χ3n) is 2.34. The first-order chi connectivity index (χ1) is 6.57. The molecule has 1 amide bonds. The van der Waals surface area contributed by atoms with Crippen LogP contribution < -0.4 is 5.73 Å². The van der Waals surface area contributed by atoms with E-state index >= 15 is 0 Å². The monoisotopic (exact) mass is 193 g/mol. The average molecular weight is 193 g/mol. The molecule has 1 aromatic rings. The normalized spacial score (nSPS) is 12.4. The number of aromatic nitrogens is 2. The lowest BCUT2D eigenvalue weighted by Gasteiger charge is -2.14. The summed E-state index contributed by atoms with van der Waals surface area (Å²) in [5.74, 6) is -0.505. The van der Waals surface area contributed by atoms with Crippen molar-refractivity contribution in [2.24, 2.45) is 5.73 Å². The highest BCUT2D eigenvalue weighted by atomic mass is 16.1. The fourth-order valence-electron chi connectivity index (χ4n) is 1.21. The summed E-state index contributed by atoms with van der Waals surface area (Å²) in [5, 5.41) is 0. The molecule has 0 saturated heterocycles. The third-order valence-corrected chi connectivity index (χ3v) is 2.34. The van der Waals surface area contributed by atoms with Crippen LogP contribution in [0.25, 0.3) is 5.57 Å². The summed E-state index contributed by atoms with van der Waals surface area (Å²) in [5.41, 5.74) is 6.17. The number of carbonyl (C=O) groups is 1. The first-order valence-corrected chi connectivity index (χ1v) is 4.58. The molecule has 0 bridgehead atoms. The highest BCUT2D eigenvalue weighted by molar-refractivity contribution is 6.17. The van der Waals surface area contributed by atoms with Crippen molar-refractivity contribution in [3.05, 3.63) is 24.8 Å². The van der Waals surface area contributed by atoms with Gasteiger partial charge in [-0.2, -0.15) is 0 Å².